The van der Waals surface area contributed by atoms with Gasteiger partial charge in [0.15, 0.2) is 0 Å². The third-order valence-electron chi connectivity index (χ3n) is 3.62. The fourth-order valence-electron chi connectivity index (χ4n) is 2.63. The van der Waals surface area contributed by atoms with Crippen LogP contribution in [-0.2, 0) is 0 Å². The number of benzene rings is 1. The van der Waals surface area contributed by atoms with Gasteiger partial charge in [-0.15, -0.1) is 0 Å². The zero-order valence-electron chi connectivity index (χ0n) is 11.0. The van der Waals surface area contributed by atoms with E-state index in [1.165, 1.54) is 44.9 Å². The van der Waals surface area contributed by atoms with Crippen LogP contribution >= 0.6 is 15.9 Å². The van der Waals surface area contributed by atoms with Crippen LogP contribution < -0.4 is 5.32 Å². The van der Waals surface area contributed by atoms with E-state index in [0.29, 0.717) is 11.6 Å². The minimum absolute atomic E-state index is 0.322. The van der Waals surface area contributed by atoms with Gasteiger partial charge in [-0.3, -0.25) is 0 Å². The average molecular weight is 326 g/mol. The van der Waals surface area contributed by atoms with Crippen molar-refractivity contribution in [2.45, 2.75) is 51.0 Å². The van der Waals surface area contributed by atoms with E-state index < -0.39 is 5.97 Å². The lowest BCUT2D eigenvalue weighted by Crippen LogP contribution is -2.20. The SMILES string of the molecule is O=C(O)c1cc(Br)cc(NC2CCCCCCC2)c1. The highest BCUT2D eigenvalue weighted by atomic mass is 79.9. The summed E-state index contributed by atoms with van der Waals surface area (Å²) in [5, 5.41) is 12.6. The van der Waals surface area contributed by atoms with Crippen LogP contribution in [0, 0.1) is 0 Å². The molecule has 1 saturated carbocycles. The van der Waals surface area contributed by atoms with Gasteiger partial charge < -0.3 is 10.4 Å². The quantitative estimate of drug-likeness (QED) is 0.848. The summed E-state index contributed by atoms with van der Waals surface area (Å²) in [7, 11) is 0. The van der Waals surface area contributed by atoms with Crippen molar-refractivity contribution in [2.24, 2.45) is 0 Å². The largest absolute Gasteiger partial charge is 0.478 e. The maximum absolute atomic E-state index is 11.0. The summed E-state index contributed by atoms with van der Waals surface area (Å²) in [6.07, 6.45) is 8.86. The summed E-state index contributed by atoms with van der Waals surface area (Å²) in [6, 6.07) is 5.76. The highest BCUT2D eigenvalue weighted by Crippen LogP contribution is 2.24. The van der Waals surface area contributed by atoms with E-state index in [1.54, 1.807) is 12.1 Å². The molecule has 0 amide bonds. The Labute approximate surface area is 122 Å². The Kier molecular flexibility index (Phi) is 5.25. The number of carboxylic acids is 1. The maximum Gasteiger partial charge on any atom is 0.335 e. The molecule has 104 valence electrons. The molecule has 1 aromatic carbocycles. The first-order valence-electron chi connectivity index (χ1n) is 6.95. The van der Waals surface area contributed by atoms with Crippen LogP contribution in [0.4, 0.5) is 5.69 Å². The Morgan fingerprint density at radius 2 is 1.74 bits per heavy atom. The fourth-order valence-corrected chi connectivity index (χ4v) is 3.13. The van der Waals surface area contributed by atoms with Crippen molar-refractivity contribution in [3.05, 3.63) is 28.2 Å². The molecule has 1 aliphatic carbocycles. The highest BCUT2D eigenvalue weighted by Gasteiger charge is 2.12. The fraction of sp³-hybridized carbons (Fsp3) is 0.533. The van der Waals surface area contributed by atoms with Gasteiger partial charge in [-0.2, -0.15) is 0 Å². The van der Waals surface area contributed by atoms with E-state index in [2.05, 4.69) is 21.2 Å². The Hall–Kier alpha value is -1.03. The molecule has 0 aromatic heterocycles. The molecule has 0 radical (unpaired) electrons. The molecule has 1 aromatic rings. The molecule has 19 heavy (non-hydrogen) atoms. The molecule has 0 aliphatic heterocycles. The standard InChI is InChI=1S/C15H20BrNO2/c16-12-8-11(15(18)19)9-14(10-12)17-13-6-4-2-1-3-5-7-13/h8-10,13,17H,1-7H2,(H,18,19). The van der Waals surface area contributed by atoms with Crippen LogP contribution in [0.5, 0.6) is 0 Å². The molecule has 0 saturated heterocycles. The molecule has 0 heterocycles. The molecule has 1 aliphatic rings. The first kappa shape index (κ1) is 14.4. The van der Waals surface area contributed by atoms with Gasteiger partial charge in [-0.1, -0.05) is 48.0 Å². The summed E-state index contributed by atoms with van der Waals surface area (Å²) in [4.78, 5) is 11.0. The van der Waals surface area contributed by atoms with E-state index in [4.69, 9.17) is 5.11 Å². The molecule has 3 nitrogen and oxygen atoms in total. The van der Waals surface area contributed by atoms with Crippen molar-refractivity contribution < 1.29 is 9.90 Å². The predicted octanol–water partition coefficient (Wildman–Crippen LogP) is 4.67. The number of nitrogens with one attached hydrogen (secondary N) is 1. The average Bonchev–Trinajstić information content (AvgIpc) is 2.31. The molecule has 2 N–H and O–H groups in total. The lowest BCUT2D eigenvalue weighted by Gasteiger charge is -2.22. The highest BCUT2D eigenvalue weighted by molar-refractivity contribution is 9.10. The monoisotopic (exact) mass is 325 g/mol. The van der Waals surface area contributed by atoms with Crippen LogP contribution in [0.2, 0.25) is 0 Å². The van der Waals surface area contributed by atoms with Crippen LogP contribution in [0.1, 0.15) is 55.3 Å². The lowest BCUT2D eigenvalue weighted by molar-refractivity contribution is 0.0697. The predicted molar refractivity (Wildman–Crippen MR) is 80.8 cm³/mol. The maximum atomic E-state index is 11.0. The van der Waals surface area contributed by atoms with Crippen molar-refractivity contribution in [2.75, 3.05) is 5.32 Å². The minimum Gasteiger partial charge on any atom is -0.478 e. The van der Waals surface area contributed by atoms with Crippen molar-refractivity contribution >= 4 is 27.6 Å². The van der Waals surface area contributed by atoms with Crippen molar-refractivity contribution in [3.63, 3.8) is 0 Å². The smallest absolute Gasteiger partial charge is 0.335 e. The van der Waals surface area contributed by atoms with Gasteiger partial charge in [-0.05, 0) is 31.0 Å². The van der Waals surface area contributed by atoms with Crippen LogP contribution in [0.25, 0.3) is 0 Å². The summed E-state index contributed by atoms with van der Waals surface area (Å²) in [5.41, 5.74) is 1.22. The zero-order chi connectivity index (χ0) is 13.7. The second-order valence-electron chi connectivity index (χ2n) is 5.22. The third kappa shape index (κ3) is 4.53. The molecule has 0 bridgehead atoms. The van der Waals surface area contributed by atoms with Gasteiger partial charge in [0, 0.05) is 16.2 Å². The normalized spacial score (nSPS) is 17.5. The van der Waals surface area contributed by atoms with Crippen LogP contribution in [-0.4, -0.2) is 17.1 Å². The van der Waals surface area contributed by atoms with E-state index >= 15 is 0 Å². The topological polar surface area (TPSA) is 49.3 Å². The Balaban J connectivity index is 2.06. The molecule has 0 atom stereocenters. The van der Waals surface area contributed by atoms with Crippen LogP contribution in [0.15, 0.2) is 22.7 Å². The number of anilines is 1. The van der Waals surface area contributed by atoms with Crippen molar-refractivity contribution in [1.29, 1.82) is 0 Å². The van der Waals surface area contributed by atoms with Gasteiger partial charge in [0.2, 0.25) is 0 Å². The Bertz CT molecular complexity index is 440. The number of hydrogen-bond donors (Lipinski definition) is 2. The Morgan fingerprint density at radius 1 is 1.11 bits per heavy atom. The second-order valence-corrected chi connectivity index (χ2v) is 6.14. The number of rotatable bonds is 3. The van der Waals surface area contributed by atoms with E-state index in [9.17, 15) is 4.79 Å². The molecule has 0 spiro atoms. The summed E-state index contributed by atoms with van der Waals surface area (Å²) in [5.74, 6) is -0.887. The molecule has 2 rings (SSSR count). The first-order chi connectivity index (χ1) is 9.15. The molecular formula is C15H20BrNO2. The van der Waals surface area contributed by atoms with Gasteiger partial charge in [-0.25, -0.2) is 4.79 Å². The molecular weight excluding hydrogens is 306 g/mol. The number of aromatic carboxylic acids is 1. The first-order valence-corrected chi connectivity index (χ1v) is 7.75. The second kappa shape index (κ2) is 6.94. The van der Waals surface area contributed by atoms with Gasteiger partial charge in [0.25, 0.3) is 0 Å². The summed E-state index contributed by atoms with van der Waals surface area (Å²) >= 11 is 3.37. The van der Waals surface area contributed by atoms with E-state index in [0.717, 1.165) is 10.2 Å². The van der Waals surface area contributed by atoms with Gasteiger partial charge in [0.05, 0.1) is 5.56 Å². The van der Waals surface area contributed by atoms with E-state index in [1.807, 2.05) is 6.07 Å². The van der Waals surface area contributed by atoms with E-state index in [-0.39, 0.29) is 0 Å². The number of hydrogen-bond acceptors (Lipinski definition) is 2. The number of halogens is 1. The third-order valence-corrected chi connectivity index (χ3v) is 4.08. The zero-order valence-corrected chi connectivity index (χ0v) is 12.6. The van der Waals surface area contributed by atoms with Crippen molar-refractivity contribution in [1.82, 2.24) is 0 Å². The summed E-state index contributed by atoms with van der Waals surface area (Å²) < 4.78 is 0.806. The van der Waals surface area contributed by atoms with Crippen LogP contribution in [0.3, 0.4) is 0 Å². The molecule has 0 unspecified atom stereocenters. The minimum atomic E-state index is -0.887. The van der Waals surface area contributed by atoms with Crippen molar-refractivity contribution in [3.8, 4) is 0 Å². The molecule has 1 fully saturated rings. The number of carbonyl (C=O) groups is 1. The molecule has 4 heteroatoms. The number of carboxylic acid groups (broad SMARTS) is 1. The lowest BCUT2D eigenvalue weighted by atomic mass is 9.96. The van der Waals surface area contributed by atoms with Gasteiger partial charge >= 0.3 is 5.97 Å². The Morgan fingerprint density at radius 3 is 2.37 bits per heavy atom. The van der Waals surface area contributed by atoms with Gasteiger partial charge in [0.1, 0.15) is 0 Å². The summed E-state index contributed by atoms with van der Waals surface area (Å²) in [6.45, 7) is 0.